The highest BCUT2D eigenvalue weighted by molar-refractivity contribution is 6.30. The standard InChI is InChI=1S/C15H12ClF3N2O9/c1-7-2-9(16)3-8-4-11(13(15(17,18)19)30-12(7)8)14(22)29-10(5-27-20(23)24)6-28-21(25)26/h2-4,10,13H,5-6H2,1H3/t13-/m0/s1. The molecule has 15 heteroatoms. The van der Waals surface area contributed by atoms with Crippen LogP contribution < -0.4 is 4.74 Å². The lowest BCUT2D eigenvalue weighted by molar-refractivity contribution is -0.768. The van der Waals surface area contributed by atoms with E-state index in [2.05, 4.69) is 9.68 Å². The van der Waals surface area contributed by atoms with Crippen LogP contribution in [0.4, 0.5) is 13.2 Å². The minimum atomic E-state index is -5.03. The lowest BCUT2D eigenvalue weighted by Gasteiger charge is -2.29. The third-order valence-electron chi connectivity index (χ3n) is 3.64. The van der Waals surface area contributed by atoms with Gasteiger partial charge in [0, 0.05) is 10.6 Å². The molecule has 1 aromatic rings. The summed E-state index contributed by atoms with van der Waals surface area (Å²) in [6, 6.07) is 2.62. The summed E-state index contributed by atoms with van der Waals surface area (Å²) < 4.78 is 50.1. The number of halogens is 4. The van der Waals surface area contributed by atoms with Crippen LogP contribution in [0, 0.1) is 27.2 Å². The number of fused-ring (bicyclic) bond motifs is 1. The van der Waals surface area contributed by atoms with Gasteiger partial charge in [0.15, 0.2) is 0 Å². The van der Waals surface area contributed by atoms with Crippen molar-refractivity contribution in [2.45, 2.75) is 25.3 Å². The van der Waals surface area contributed by atoms with Gasteiger partial charge in [-0.2, -0.15) is 13.2 Å². The molecule has 0 radical (unpaired) electrons. The molecule has 1 aromatic carbocycles. The van der Waals surface area contributed by atoms with Crippen molar-refractivity contribution < 1.29 is 47.3 Å². The number of hydrogen-bond acceptors (Lipinski definition) is 9. The Bertz CT molecular complexity index is 873. The van der Waals surface area contributed by atoms with Crippen molar-refractivity contribution in [3.05, 3.63) is 54.1 Å². The maximum absolute atomic E-state index is 13.5. The van der Waals surface area contributed by atoms with E-state index < -0.39 is 53.3 Å². The second kappa shape index (κ2) is 9.02. The van der Waals surface area contributed by atoms with Crippen molar-refractivity contribution in [3.63, 3.8) is 0 Å². The number of benzene rings is 1. The zero-order chi connectivity index (χ0) is 22.6. The summed E-state index contributed by atoms with van der Waals surface area (Å²) in [5.41, 5.74) is -0.650. The fraction of sp³-hybridized carbons (Fsp3) is 0.400. The van der Waals surface area contributed by atoms with Gasteiger partial charge in [-0.3, -0.25) is 0 Å². The Hall–Kier alpha value is -3.29. The van der Waals surface area contributed by atoms with Gasteiger partial charge < -0.3 is 19.1 Å². The molecule has 0 aromatic heterocycles. The quantitative estimate of drug-likeness (QED) is 0.328. The largest absolute Gasteiger partial charge is 0.475 e. The van der Waals surface area contributed by atoms with Crippen LogP contribution in [0.15, 0.2) is 17.7 Å². The lowest BCUT2D eigenvalue weighted by Crippen LogP contribution is -2.42. The third kappa shape index (κ3) is 5.85. The van der Waals surface area contributed by atoms with Crippen LogP contribution in [0.2, 0.25) is 5.02 Å². The van der Waals surface area contributed by atoms with Crippen LogP contribution in [0.5, 0.6) is 5.75 Å². The fourth-order valence-corrected chi connectivity index (χ4v) is 2.76. The van der Waals surface area contributed by atoms with Crippen LogP contribution in [-0.4, -0.2) is 47.7 Å². The lowest BCUT2D eigenvalue weighted by atomic mass is 9.99. The molecule has 0 bridgehead atoms. The molecule has 0 unspecified atom stereocenters. The molecular formula is C15H12ClF3N2O9. The molecular weight excluding hydrogens is 445 g/mol. The van der Waals surface area contributed by atoms with Crippen molar-refractivity contribution in [2.24, 2.45) is 0 Å². The topological polar surface area (TPSA) is 140 Å². The van der Waals surface area contributed by atoms with E-state index in [0.717, 1.165) is 6.08 Å². The van der Waals surface area contributed by atoms with Gasteiger partial charge in [0.2, 0.25) is 6.10 Å². The summed E-state index contributed by atoms with van der Waals surface area (Å²) in [4.78, 5) is 40.9. The molecule has 0 N–H and O–H groups in total. The van der Waals surface area contributed by atoms with E-state index in [1.807, 2.05) is 0 Å². The minimum absolute atomic E-state index is 0.0621. The van der Waals surface area contributed by atoms with E-state index in [0.29, 0.717) is 0 Å². The first kappa shape index (κ1) is 23.0. The second-order valence-electron chi connectivity index (χ2n) is 5.85. The normalized spacial score (nSPS) is 15.5. The average Bonchev–Trinajstić information content (AvgIpc) is 2.61. The summed E-state index contributed by atoms with van der Waals surface area (Å²) >= 11 is 5.88. The number of hydrogen-bond donors (Lipinski definition) is 0. The van der Waals surface area contributed by atoms with E-state index in [9.17, 15) is 38.2 Å². The van der Waals surface area contributed by atoms with Crippen molar-refractivity contribution in [1.29, 1.82) is 0 Å². The van der Waals surface area contributed by atoms with Crippen molar-refractivity contribution in [3.8, 4) is 5.75 Å². The Kier molecular flexibility index (Phi) is 6.92. The fourth-order valence-electron chi connectivity index (χ4n) is 2.48. The molecule has 0 amide bonds. The van der Waals surface area contributed by atoms with E-state index in [1.54, 1.807) is 0 Å². The van der Waals surface area contributed by atoms with Gasteiger partial charge in [0.25, 0.3) is 10.2 Å². The highest BCUT2D eigenvalue weighted by atomic mass is 35.5. The Morgan fingerprint density at radius 2 is 1.80 bits per heavy atom. The number of nitrogens with zero attached hydrogens (tertiary/aromatic N) is 2. The van der Waals surface area contributed by atoms with Crippen LogP contribution in [-0.2, 0) is 19.2 Å². The predicted molar refractivity (Wildman–Crippen MR) is 90.4 cm³/mol. The number of aryl methyl sites for hydroxylation is 1. The van der Waals surface area contributed by atoms with Gasteiger partial charge in [0.05, 0.1) is 5.57 Å². The SMILES string of the molecule is Cc1cc(Cl)cc2c1O[C@H](C(F)(F)F)C(C(=O)OC(CO[N+](=O)[O-])CO[N+](=O)[O-])=C2. The smallest absolute Gasteiger partial charge is 0.430 e. The number of rotatable bonds is 8. The predicted octanol–water partition coefficient (Wildman–Crippen LogP) is 2.68. The Morgan fingerprint density at radius 3 is 2.30 bits per heavy atom. The summed E-state index contributed by atoms with van der Waals surface area (Å²) in [6.07, 6.45) is -8.66. The summed E-state index contributed by atoms with van der Waals surface area (Å²) in [5, 5.41) is 18.2. The molecule has 0 fully saturated rings. The number of ether oxygens (including phenoxy) is 2. The summed E-state index contributed by atoms with van der Waals surface area (Å²) in [6.45, 7) is -0.576. The van der Waals surface area contributed by atoms with E-state index in [-0.39, 0.29) is 21.9 Å². The molecule has 164 valence electrons. The molecule has 11 nitrogen and oxygen atoms in total. The van der Waals surface area contributed by atoms with Crippen LogP contribution >= 0.6 is 11.6 Å². The third-order valence-corrected chi connectivity index (χ3v) is 3.85. The van der Waals surface area contributed by atoms with Gasteiger partial charge in [-0.25, -0.2) is 4.79 Å². The van der Waals surface area contributed by atoms with E-state index >= 15 is 0 Å². The average molecular weight is 457 g/mol. The van der Waals surface area contributed by atoms with E-state index in [4.69, 9.17) is 21.1 Å². The Morgan fingerprint density at radius 1 is 1.23 bits per heavy atom. The first-order valence-electron chi connectivity index (χ1n) is 7.89. The number of alkyl halides is 3. The van der Waals surface area contributed by atoms with E-state index in [1.165, 1.54) is 19.1 Å². The summed E-state index contributed by atoms with van der Waals surface area (Å²) in [5.74, 6) is -1.74. The number of esters is 1. The molecule has 2 rings (SSSR count). The zero-order valence-corrected chi connectivity index (χ0v) is 15.6. The molecule has 0 aliphatic carbocycles. The van der Waals surface area contributed by atoms with Gasteiger partial charge in [0.1, 0.15) is 25.1 Å². The number of carbonyl (C=O) groups is 1. The highest BCUT2D eigenvalue weighted by Gasteiger charge is 2.49. The molecule has 30 heavy (non-hydrogen) atoms. The van der Waals surface area contributed by atoms with Crippen molar-refractivity contribution in [2.75, 3.05) is 13.2 Å². The van der Waals surface area contributed by atoms with Crippen LogP contribution in [0.25, 0.3) is 6.08 Å². The van der Waals surface area contributed by atoms with Gasteiger partial charge in [-0.1, -0.05) is 11.6 Å². The van der Waals surface area contributed by atoms with Gasteiger partial charge >= 0.3 is 12.1 Å². The molecule has 1 aliphatic rings. The molecule has 1 aliphatic heterocycles. The first-order chi connectivity index (χ1) is 13.9. The van der Waals surface area contributed by atoms with Gasteiger partial charge in [-0.15, -0.1) is 20.2 Å². The molecule has 1 atom stereocenters. The molecule has 0 spiro atoms. The Labute approximate surface area is 170 Å². The maximum Gasteiger partial charge on any atom is 0.430 e. The molecule has 1 heterocycles. The summed E-state index contributed by atoms with van der Waals surface area (Å²) in [7, 11) is 0. The first-order valence-corrected chi connectivity index (χ1v) is 8.27. The van der Waals surface area contributed by atoms with Crippen LogP contribution in [0.1, 0.15) is 11.1 Å². The maximum atomic E-state index is 13.5. The van der Waals surface area contributed by atoms with Crippen molar-refractivity contribution in [1.82, 2.24) is 0 Å². The van der Waals surface area contributed by atoms with Gasteiger partial charge in [-0.05, 0) is 30.7 Å². The zero-order valence-electron chi connectivity index (χ0n) is 14.9. The highest BCUT2D eigenvalue weighted by Crippen LogP contribution is 2.40. The second-order valence-corrected chi connectivity index (χ2v) is 6.28. The molecule has 0 saturated carbocycles. The Balaban J connectivity index is 2.34. The number of carbonyl (C=O) groups excluding carboxylic acids is 1. The monoisotopic (exact) mass is 456 g/mol. The van der Waals surface area contributed by atoms with Crippen molar-refractivity contribution >= 4 is 23.6 Å². The minimum Gasteiger partial charge on any atom is -0.475 e. The molecule has 0 saturated heterocycles. The van der Waals surface area contributed by atoms with Crippen LogP contribution in [0.3, 0.4) is 0 Å².